The van der Waals surface area contributed by atoms with E-state index in [1.54, 1.807) is 7.05 Å². The van der Waals surface area contributed by atoms with Gasteiger partial charge in [0.25, 0.3) is 0 Å². The maximum Gasteiger partial charge on any atom is 0.221 e. The van der Waals surface area contributed by atoms with E-state index >= 15 is 0 Å². The van der Waals surface area contributed by atoms with Gasteiger partial charge in [0, 0.05) is 37.1 Å². The molecule has 0 fully saturated rings. The van der Waals surface area contributed by atoms with Crippen LogP contribution in [0.5, 0.6) is 0 Å². The van der Waals surface area contributed by atoms with Crippen LogP contribution in [0.3, 0.4) is 0 Å². The average molecular weight is 284 g/mol. The first-order chi connectivity index (χ1) is 8.99. The third kappa shape index (κ3) is 4.49. The summed E-state index contributed by atoms with van der Waals surface area (Å²) in [5.41, 5.74) is 6.93. The molecule has 2 unspecified atom stereocenters. The third-order valence-electron chi connectivity index (χ3n) is 3.51. The van der Waals surface area contributed by atoms with Crippen LogP contribution in [0.4, 0.5) is 0 Å². The van der Waals surface area contributed by atoms with Crippen molar-refractivity contribution in [3.63, 3.8) is 0 Å². The van der Waals surface area contributed by atoms with Gasteiger partial charge < -0.3 is 11.1 Å². The summed E-state index contributed by atoms with van der Waals surface area (Å²) in [5, 5.41) is 3.35. The fourth-order valence-electron chi connectivity index (χ4n) is 2.00. The van der Waals surface area contributed by atoms with Gasteiger partial charge in [0.2, 0.25) is 5.91 Å². The minimum absolute atomic E-state index is 0.00519. The van der Waals surface area contributed by atoms with E-state index in [-0.39, 0.29) is 18.0 Å². The smallest absolute Gasteiger partial charge is 0.221 e. The standard InChI is InChI=1S/C14H22ClN3O/c1-10(11-4-6-12(15)7-5-11)18(3)13(9-16)8-14(19)17-2/h4-7,10,13H,8-9,16H2,1-3H3,(H,17,19). The van der Waals surface area contributed by atoms with Crippen molar-refractivity contribution in [2.75, 3.05) is 20.6 Å². The first-order valence-electron chi connectivity index (χ1n) is 6.37. The molecule has 2 atom stereocenters. The summed E-state index contributed by atoms with van der Waals surface area (Å²) in [6, 6.07) is 7.93. The molecule has 0 saturated carbocycles. The minimum atomic E-state index is 0.00519. The van der Waals surface area contributed by atoms with Crippen molar-refractivity contribution in [2.24, 2.45) is 5.73 Å². The average Bonchev–Trinajstić information content (AvgIpc) is 2.43. The lowest BCUT2D eigenvalue weighted by Gasteiger charge is -2.32. The third-order valence-corrected chi connectivity index (χ3v) is 3.76. The Bertz CT molecular complexity index is 408. The van der Waals surface area contributed by atoms with Gasteiger partial charge in [0.1, 0.15) is 0 Å². The van der Waals surface area contributed by atoms with Gasteiger partial charge in [0.15, 0.2) is 0 Å². The highest BCUT2D eigenvalue weighted by molar-refractivity contribution is 6.30. The summed E-state index contributed by atoms with van der Waals surface area (Å²) in [6.45, 7) is 2.54. The Morgan fingerprint density at radius 1 is 1.42 bits per heavy atom. The van der Waals surface area contributed by atoms with Crippen LogP contribution in [-0.2, 0) is 4.79 Å². The first kappa shape index (κ1) is 16.0. The molecule has 0 bridgehead atoms. The van der Waals surface area contributed by atoms with Gasteiger partial charge >= 0.3 is 0 Å². The number of carbonyl (C=O) groups excluding carboxylic acids is 1. The van der Waals surface area contributed by atoms with Crippen LogP contribution in [0.25, 0.3) is 0 Å². The summed E-state index contributed by atoms with van der Waals surface area (Å²) >= 11 is 5.89. The van der Waals surface area contributed by atoms with E-state index < -0.39 is 0 Å². The molecule has 1 rings (SSSR count). The molecule has 5 heteroatoms. The minimum Gasteiger partial charge on any atom is -0.359 e. The molecule has 0 aliphatic carbocycles. The number of rotatable bonds is 6. The van der Waals surface area contributed by atoms with Gasteiger partial charge in [-0.2, -0.15) is 0 Å². The second-order valence-electron chi connectivity index (χ2n) is 4.66. The quantitative estimate of drug-likeness (QED) is 0.837. The Morgan fingerprint density at radius 2 is 2.00 bits per heavy atom. The number of carbonyl (C=O) groups is 1. The van der Waals surface area contributed by atoms with E-state index in [0.29, 0.717) is 13.0 Å². The second kappa shape index (κ2) is 7.48. The molecule has 4 nitrogen and oxygen atoms in total. The molecule has 0 saturated heterocycles. The number of hydrogen-bond donors (Lipinski definition) is 2. The lowest BCUT2D eigenvalue weighted by molar-refractivity contribution is -0.121. The fraction of sp³-hybridized carbons (Fsp3) is 0.500. The summed E-state index contributed by atoms with van der Waals surface area (Å²) in [4.78, 5) is 13.6. The molecule has 0 spiro atoms. The molecule has 0 aliphatic heterocycles. The van der Waals surface area contributed by atoms with Crippen molar-refractivity contribution in [3.8, 4) is 0 Å². The first-order valence-corrected chi connectivity index (χ1v) is 6.75. The predicted molar refractivity (Wildman–Crippen MR) is 79.2 cm³/mol. The highest BCUT2D eigenvalue weighted by Crippen LogP contribution is 2.23. The summed E-state index contributed by atoms with van der Waals surface area (Å²) in [6.07, 6.45) is 0.404. The number of nitrogens with zero attached hydrogens (tertiary/aromatic N) is 1. The molecular formula is C14H22ClN3O. The number of benzene rings is 1. The second-order valence-corrected chi connectivity index (χ2v) is 5.10. The molecule has 106 valence electrons. The van der Waals surface area contributed by atoms with Crippen molar-refractivity contribution >= 4 is 17.5 Å². The Balaban J connectivity index is 2.75. The lowest BCUT2D eigenvalue weighted by Crippen LogP contribution is -2.42. The molecule has 0 radical (unpaired) electrons. The summed E-state index contributed by atoms with van der Waals surface area (Å²) in [7, 11) is 3.62. The molecule has 1 aromatic rings. The maximum atomic E-state index is 11.5. The van der Waals surface area contributed by atoms with Gasteiger partial charge in [-0.15, -0.1) is 0 Å². The largest absolute Gasteiger partial charge is 0.359 e. The zero-order chi connectivity index (χ0) is 14.4. The topological polar surface area (TPSA) is 58.4 Å². The van der Waals surface area contributed by atoms with E-state index in [1.807, 2.05) is 31.3 Å². The number of nitrogens with two attached hydrogens (primary N) is 1. The van der Waals surface area contributed by atoms with Crippen LogP contribution in [0.2, 0.25) is 5.02 Å². The molecule has 3 N–H and O–H groups in total. The number of amides is 1. The summed E-state index contributed by atoms with van der Waals surface area (Å²) < 4.78 is 0. The van der Waals surface area contributed by atoms with Crippen LogP contribution in [-0.4, -0.2) is 37.5 Å². The Hall–Kier alpha value is -1.10. The molecule has 0 aromatic heterocycles. The Morgan fingerprint density at radius 3 is 2.47 bits per heavy atom. The van der Waals surface area contributed by atoms with Crippen LogP contribution in [0.1, 0.15) is 24.9 Å². The molecular weight excluding hydrogens is 262 g/mol. The molecule has 0 aliphatic rings. The molecule has 1 aromatic carbocycles. The Labute approximate surface area is 119 Å². The van der Waals surface area contributed by atoms with Crippen molar-refractivity contribution in [3.05, 3.63) is 34.9 Å². The van der Waals surface area contributed by atoms with E-state index in [1.165, 1.54) is 0 Å². The monoisotopic (exact) mass is 283 g/mol. The normalized spacial score (nSPS) is 14.2. The molecule has 1 amide bonds. The van der Waals surface area contributed by atoms with Crippen molar-refractivity contribution in [1.29, 1.82) is 0 Å². The zero-order valence-electron chi connectivity index (χ0n) is 11.7. The number of hydrogen-bond acceptors (Lipinski definition) is 3. The SMILES string of the molecule is CNC(=O)CC(CN)N(C)C(C)c1ccc(Cl)cc1. The van der Waals surface area contributed by atoms with Gasteiger partial charge in [0.05, 0.1) is 0 Å². The van der Waals surface area contributed by atoms with Gasteiger partial charge in [-0.1, -0.05) is 23.7 Å². The zero-order valence-corrected chi connectivity index (χ0v) is 12.4. The predicted octanol–water partition coefficient (Wildman–Crippen LogP) is 1.80. The molecule has 19 heavy (non-hydrogen) atoms. The van der Waals surface area contributed by atoms with Crippen LogP contribution < -0.4 is 11.1 Å². The fourth-order valence-corrected chi connectivity index (χ4v) is 2.13. The number of likely N-dealkylation sites (N-methyl/N-ethyl adjacent to an activating group) is 1. The lowest BCUT2D eigenvalue weighted by atomic mass is 10.0. The van der Waals surface area contributed by atoms with Crippen molar-refractivity contribution < 1.29 is 4.79 Å². The summed E-state index contributed by atoms with van der Waals surface area (Å²) in [5.74, 6) is 0.00519. The molecule has 0 heterocycles. The van der Waals surface area contributed by atoms with Gasteiger partial charge in [-0.05, 0) is 31.7 Å². The van der Waals surface area contributed by atoms with E-state index in [9.17, 15) is 4.79 Å². The highest BCUT2D eigenvalue weighted by atomic mass is 35.5. The van der Waals surface area contributed by atoms with Crippen LogP contribution >= 0.6 is 11.6 Å². The highest BCUT2D eigenvalue weighted by Gasteiger charge is 2.21. The van der Waals surface area contributed by atoms with Crippen LogP contribution in [0, 0.1) is 0 Å². The van der Waals surface area contributed by atoms with Crippen LogP contribution in [0.15, 0.2) is 24.3 Å². The number of halogens is 1. The van der Waals surface area contributed by atoms with Gasteiger partial charge in [-0.25, -0.2) is 0 Å². The van der Waals surface area contributed by atoms with Crippen molar-refractivity contribution in [2.45, 2.75) is 25.4 Å². The van der Waals surface area contributed by atoms with Crippen molar-refractivity contribution in [1.82, 2.24) is 10.2 Å². The van der Waals surface area contributed by atoms with E-state index in [2.05, 4.69) is 17.1 Å². The number of nitrogens with one attached hydrogen (secondary N) is 1. The van der Waals surface area contributed by atoms with Gasteiger partial charge in [-0.3, -0.25) is 9.69 Å². The van der Waals surface area contributed by atoms with E-state index in [4.69, 9.17) is 17.3 Å². The van der Waals surface area contributed by atoms with E-state index in [0.717, 1.165) is 10.6 Å². The Kier molecular flexibility index (Phi) is 6.28. The maximum absolute atomic E-state index is 11.5.